The standard InChI is InChI=1S/C21H16F2N6O3/c22-14-3-1-2-13(18(14)23)21(32)27-15-8-16(25-12-4-5-12)29-19(26-15)11(9-24-29)6-10-7-17(30)28-20(10)31/h1-3,6,8-9,12,25H,4-5,7H2,(H,26,27,32)(H,28,30,31)/b10-6+. The van der Waals surface area contributed by atoms with Crippen molar-refractivity contribution in [1.82, 2.24) is 19.9 Å². The maximum Gasteiger partial charge on any atom is 0.259 e. The Labute approximate surface area is 179 Å². The van der Waals surface area contributed by atoms with Gasteiger partial charge < -0.3 is 10.6 Å². The van der Waals surface area contributed by atoms with E-state index < -0.39 is 34.9 Å². The molecule has 0 atom stereocenters. The number of imide groups is 1. The molecule has 32 heavy (non-hydrogen) atoms. The predicted molar refractivity (Wildman–Crippen MR) is 110 cm³/mol. The number of anilines is 2. The van der Waals surface area contributed by atoms with Crippen LogP contribution in [0.4, 0.5) is 20.4 Å². The number of fused-ring (bicyclic) bond motifs is 1. The number of carbonyl (C=O) groups excluding carboxylic acids is 3. The van der Waals surface area contributed by atoms with Gasteiger partial charge in [-0.3, -0.25) is 19.7 Å². The predicted octanol–water partition coefficient (Wildman–Crippen LogP) is 2.26. The van der Waals surface area contributed by atoms with E-state index in [0.29, 0.717) is 17.0 Å². The van der Waals surface area contributed by atoms with E-state index in [9.17, 15) is 23.2 Å². The first-order valence-electron chi connectivity index (χ1n) is 9.84. The zero-order valence-electron chi connectivity index (χ0n) is 16.5. The van der Waals surface area contributed by atoms with Gasteiger partial charge in [-0.15, -0.1) is 0 Å². The van der Waals surface area contributed by atoms with Gasteiger partial charge in [-0.2, -0.15) is 9.61 Å². The molecule has 2 aromatic heterocycles. The van der Waals surface area contributed by atoms with Crippen molar-refractivity contribution in [3.8, 4) is 0 Å². The molecule has 1 aliphatic heterocycles. The van der Waals surface area contributed by atoms with E-state index in [0.717, 1.165) is 18.9 Å². The highest BCUT2D eigenvalue weighted by molar-refractivity contribution is 6.15. The molecular formula is C21H16F2N6O3. The fourth-order valence-corrected chi connectivity index (χ4v) is 3.36. The summed E-state index contributed by atoms with van der Waals surface area (Å²) in [6.45, 7) is 0. The molecule has 1 aliphatic carbocycles. The fourth-order valence-electron chi connectivity index (χ4n) is 3.36. The summed E-state index contributed by atoms with van der Waals surface area (Å²) >= 11 is 0. The number of hydrogen-bond acceptors (Lipinski definition) is 6. The summed E-state index contributed by atoms with van der Waals surface area (Å²) in [7, 11) is 0. The number of halogens is 2. The molecule has 2 aliphatic rings. The number of amides is 3. The van der Waals surface area contributed by atoms with Gasteiger partial charge in [0.15, 0.2) is 17.3 Å². The molecule has 3 N–H and O–H groups in total. The van der Waals surface area contributed by atoms with E-state index >= 15 is 0 Å². The van der Waals surface area contributed by atoms with Gasteiger partial charge in [0, 0.05) is 23.2 Å². The number of aromatic nitrogens is 3. The molecule has 3 amide bonds. The Balaban J connectivity index is 1.54. The molecule has 3 heterocycles. The lowest BCUT2D eigenvalue weighted by molar-refractivity contribution is -0.124. The second kappa shape index (κ2) is 7.52. The van der Waals surface area contributed by atoms with Crippen LogP contribution in [0.25, 0.3) is 11.7 Å². The summed E-state index contributed by atoms with van der Waals surface area (Å²) in [4.78, 5) is 40.3. The molecule has 5 rings (SSSR count). The molecule has 0 unspecified atom stereocenters. The van der Waals surface area contributed by atoms with Crippen LogP contribution in [0.1, 0.15) is 35.2 Å². The van der Waals surface area contributed by atoms with Crippen LogP contribution in [-0.4, -0.2) is 38.4 Å². The third-order valence-electron chi connectivity index (χ3n) is 5.09. The molecule has 3 aromatic rings. The van der Waals surface area contributed by atoms with Crippen molar-refractivity contribution in [2.45, 2.75) is 25.3 Å². The Bertz CT molecular complexity index is 1330. The van der Waals surface area contributed by atoms with Gasteiger partial charge in [-0.05, 0) is 31.1 Å². The first-order valence-corrected chi connectivity index (χ1v) is 9.84. The van der Waals surface area contributed by atoms with Crippen molar-refractivity contribution in [3.63, 3.8) is 0 Å². The number of carbonyl (C=O) groups is 3. The van der Waals surface area contributed by atoms with Crippen LogP contribution >= 0.6 is 0 Å². The highest BCUT2D eigenvalue weighted by atomic mass is 19.2. The van der Waals surface area contributed by atoms with Crippen LogP contribution in [0.2, 0.25) is 0 Å². The van der Waals surface area contributed by atoms with Crippen LogP contribution in [0.3, 0.4) is 0 Å². The molecule has 1 aromatic carbocycles. The molecule has 0 spiro atoms. The summed E-state index contributed by atoms with van der Waals surface area (Å²) in [6, 6.07) is 5.11. The molecular weight excluding hydrogens is 422 g/mol. The zero-order chi connectivity index (χ0) is 22.4. The topological polar surface area (TPSA) is 117 Å². The van der Waals surface area contributed by atoms with E-state index in [1.807, 2.05) is 0 Å². The number of nitrogens with zero attached hydrogens (tertiary/aromatic N) is 3. The van der Waals surface area contributed by atoms with E-state index in [4.69, 9.17) is 0 Å². The van der Waals surface area contributed by atoms with E-state index in [1.54, 1.807) is 0 Å². The number of benzene rings is 1. The van der Waals surface area contributed by atoms with Crippen molar-refractivity contribution in [2.24, 2.45) is 0 Å². The van der Waals surface area contributed by atoms with Gasteiger partial charge in [0.1, 0.15) is 11.6 Å². The van der Waals surface area contributed by atoms with Crippen LogP contribution < -0.4 is 16.0 Å². The maximum absolute atomic E-state index is 14.0. The highest BCUT2D eigenvalue weighted by Crippen LogP contribution is 2.28. The lowest BCUT2D eigenvalue weighted by Gasteiger charge is -2.11. The Kier molecular flexibility index (Phi) is 4.65. The Morgan fingerprint density at radius 2 is 2.06 bits per heavy atom. The summed E-state index contributed by atoms with van der Waals surface area (Å²) in [5, 5.41) is 12.3. The van der Waals surface area contributed by atoms with Gasteiger partial charge in [-0.25, -0.2) is 13.8 Å². The summed E-state index contributed by atoms with van der Waals surface area (Å²) in [6.07, 6.45) is 4.88. The third kappa shape index (κ3) is 3.68. The first-order chi connectivity index (χ1) is 15.4. The van der Waals surface area contributed by atoms with Crippen molar-refractivity contribution in [3.05, 3.63) is 58.8 Å². The van der Waals surface area contributed by atoms with Crippen molar-refractivity contribution in [1.29, 1.82) is 0 Å². The molecule has 0 bridgehead atoms. The van der Waals surface area contributed by atoms with Gasteiger partial charge in [-0.1, -0.05) is 6.07 Å². The normalized spacial score (nSPS) is 17.1. The Morgan fingerprint density at radius 1 is 1.25 bits per heavy atom. The second-order valence-corrected chi connectivity index (χ2v) is 7.56. The smallest absolute Gasteiger partial charge is 0.259 e. The summed E-state index contributed by atoms with van der Waals surface area (Å²) in [5.74, 6) is -3.52. The van der Waals surface area contributed by atoms with Crippen LogP contribution in [0, 0.1) is 11.6 Å². The first kappa shape index (κ1) is 19.8. The highest BCUT2D eigenvalue weighted by Gasteiger charge is 2.26. The maximum atomic E-state index is 14.0. The lowest BCUT2D eigenvalue weighted by atomic mass is 10.1. The molecule has 0 radical (unpaired) electrons. The van der Waals surface area contributed by atoms with Gasteiger partial charge in [0.2, 0.25) is 5.91 Å². The molecule has 9 nitrogen and oxygen atoms in total. The van der Waals surface area contributed by atoms with Crippen molar-refractivity contribution in [2.75, 3.05) is 10.6 Å². The average Bonchev–Trinajstić information content (AvgIpc) is 3.38. The Morgan fingerprint density at radius 3 is 2.78 bits per heavy atom. The number of nitrogens with one attached hydrogen (secondary N) is 3. The Hall–Kier alpha value is -4.15. The lowest BCUT2D eigenvalue weighted by Crippen LogP contribution is -2.19. The summed E-state index contributed by atoms with van der Waals surface area (Å²) in [5.41, 5.74) is 0.571. The van der Waals surface area contributed by atoms with Crippen LogP contribution in [0.5, 0.6) is 0 Å². The second-order valence-electron chi connectivity index (χ2n) is 7.56. The summed E-state index contributed by atoms with van der Waals surface area (Å²) < 4.78 is 29.0. The van der Waals surface area contributed by atoms with Crippen LogP contribution in [-0.2, 0) is 9.59 Å². The minimum atomic E-state index is -1.26. The monoisotopic (exact) mass is 438 g/mol. The van der Waals surface area contributed by atoms with Crippen molar-refractivity contribution >= 4 is 41.1 Å². The SMILES string of the molecule is O=C1C/C(=C\c2cnn3c(NC4CC4)cc(NC(=O)c4cccc(F)c4F)nc23)C(=O)N1. The molecule has 162 valence electrons. The molecule has 11 heteroatoms. The van der Waals surface area contributed by atoms with E-state index in [1.165, 1.54) is 35.0 Å². The fraction of sp³-hybridized carbons (Fsp3) is 0.190. The van der Waals surface area contributed by atoms with E-state index in [2.05, 4.69) is 26.0 Å². The minimum absolute atomic E-state index is 0.0569. The van der Waals surface area contributed by atoms with Gasteiger partial charge in [0.05, 0.1) is 18.2 Å². The third-order valence-corrected chi connectivity index (χ3v) is 5.09. The average molecular weight is 438 g/mol. The molecule has 1 saturated heterocycles. The molecule has 2 fully saturated rings. The number of hydrogen-bond donors (Lipinski definition) is 3. The van der Waals surface area contributed by atoms with Crippen LogP contribution in [0.15, 0.2) is 36.0 Å². The minimum Gasteiger partial charge on any atom is -0.367 e. The molecule has 1 saturated carbocycles. The quantitative estimate of drug-likeness (QED) is 0.416. The van der Waals surface area contributed by atoms with Crippen molar-refractivity contribution < 1.29 is 23.2 Å². The largest absolute Gasteiger partial charge is 0.367 e. The zero-order valence-corrected chi connectivity index (χ0v) is 16.5. The number of rotatable bonds is 5. The van der Waals surface area contributed by atoms with E-state index in [-0.39, 0.29) is 23.9 Å². The van der Waals surface area contributed by atoms with Gasteiger partial charge >= 0.3 is 0 Å². The van der Waals surface area contributed by atoms with Gasteiger partial charge in [0.25, 0.3) is 11.8 Å².